The molecule has 0 spiro atoms. The van der Waals surface area contributed by atoms with Crippen LogP contribution < -0.4 is 10.6 Å². The summed E-state index contributed by atoms with van der Waals surface area (Å²) in [5.41, 5.74) is 1.10. The highest BCUT2D eigenvalue weighted by Gasteiger charge is 2.04. The van der Waals surface area contributed by atoms with Crippen molar-refractivity contribution in [2.24, 2.45) is 0 Å². The SMILES string of the molecule is CC(=O)c1cccc(NC(=O)CNCCCC(=O)O)c1. The Bertz CT molecular complexity index is 500. The summed E-state index contributed by atoms with van der Waals surface area (Å²) in [6.07, 6.45) is 0.553. The Morgan fingerprint density at radius 2 is 2.00 bits per heavy atom. The summed E-state index contributed by atoms with van der Waals surface area (Å²) in [4.78, 5) is 33.1. The van der Waals surface area contributed by atoms with Crippen molar-refractivity contribution < 1.29 is 19.5 Å². The van der Waals surface area contributed by atoms with E-state index < -0.39 is 5.97 Å². The summed E-state index contributed by atoms with van der Waals surface area (Å²) in [6, 6.07) is 6.70. The summed E-state index contributed by atoms with van der Waals surface area (Å²) in [7, 11) is 0. The van der Waals surface area contributed by atoms with Crippen molar-refractivity contribution in [1.82, 2.24) is 5.32 Å². The van der Waals surface area contributed by atoms with E-state index in [1.54, 1.807) is 24.3 Å². The third-order valence-electron chi connectivity index (χ3n) is 2.58. The second-order valence-corrected chi connectivity index (χ2v) is 4.36. The van der Waals surface area contributed by atoms with E-state index in [-0.39, 0.29) is 24.7 Å². The summed E-state index contributed by atoms with van der Waals surface area (Å²) in [6.45, 7) is 2.03. The van der Waals surface area contributed by atoms with Crippen LogP contribution in [0.2, 0.25) is 0 Å². The Hall–Kier alpha value is -2.21. The molecule has 0 bridgehead atoms. The number of hydrogen-bond acceptors (Lipinski definition) is 4. The van der Waals surface area contributed by atoms with E-state index in [1.807, 2.05) is 0 Å². The first-order valence-electron chi connectivity index (χ1n) is 6.32. The molecule has 3 N–H and O–H groups in total. The Kier molecular flexibility index (Phi) is 6.39. The zero-order chi connectivity index (χ0) is 15.0. The molecule has 0 aliphatic carbocycles. The molecule has 1 amide bonds. The lowest BCUT2D eigenvalue weighted by atomic mass is 10.1. The average Bonchev–Trinajstić information content (AvgIpc) is 2.38. The summed E-state index contributed by atoms with van der Waals surface area (Å²) in [5, 5.41) is 14.0. The first kappa shape index (κ1) is 15.8. The van der Waals surface area contributed by atoms with E-state index >= 15 is 0 Å². The third-order valence-corrected chi connectivity index (χ3v) is 2.58. The number of nitrogens with one attached hydrogen (secondary N) is 2. The maximum absolute atomic E-state index is 11.6. The maximum atomic E-state index is 11.6. The second-order valence-electron chi connectivity index (χ2n) is 4.36. The fraction of sp³-hybridized carbons (Fsp3) is 0.357. The molecule has 6 heteroatoms. The second kappa shape index (κ2) is 8.06. The van der Waals surface area contributed by atoms with Gasteiger partial charge in [0.25, 0.3) is 0 Å². The number of carboxylic acid groups (broad SMARTS) is 1. The normalized spacial score (nSPS) is 10.1. The predicted molar refractivity (Wildman–Crippen MR) is 74.8 cm³/mol. The van der Waals surface area contributed by atoms with Crippen LogP contribution in [-0.4, -0.2) is 35.9 Å². The van der Waals surface area contributed by atoms with Crippen LogP contribution in [-0.2, 0) is 9.59 Å². The molecule has 0 radical (unpaired) electrons. The van der Waals surface area contributed by atoms with E-state index in [1.165, 1.54) is 6.92 Å². The van der Waals surface area contributed by atoms with Crippen LogP contribution in [0.5, 0.6) is 0 Å². The van der Waals surface area contributed by atoms with Crippen LogP contribution in [0, 0.1) is 0 Å². The number of hydrogen-bond donors (Lipinski definition) is 3. The molecule has 20 heavy (non-hydrogen) atoms. The van der Waals surface area contributed by atoms with Crippen molar-refractivity contribution in [3.63, 3.8) is 0 Å². The van der Waals surface area contributed by atoms with Gasteiger partial charge in [-0.3, -0.25) is 14.4 Å². The molecule has 0 aromatic heterocycles. The van der Waals surface area contributed by atoms with Gasteiger partial charge in [0.2, 0.25) is 5.91 Å². The van der Waals surface area contributed by atoms with Crippen molar-refractivity contribution in [1.29, 1.82) is 0 Å². The van der Waals surface area contributed by atoms with E-state index in [0.717, 1.165) is 0 Å². The predicted octanol–water partition coefficient (Wildman–Crippen LogP) is 1.28. The van der Waals surface area contributed by atoms with Gasteiger partial charge in [0.15, 0.2) is 5.78 Å². The zero-order valence-electron chi connectivity index (χ0n) is 11.3. The highest BCUT2D eigenvalue weighted by atomic mass is 16.4. The van der Waals surface area contributed by atoms with Crippen LogP contribution >= 0.6 is 0 Å². The molecule has 0 aliphatic rings. The minimum absolute atomic E-state index is 0.0621. The number of carboxylic acids is 1. The first-order chi connectivity index (χ1) is 9.49. The Morgan fingerprint density at radius 1 is 1.25 bits per heavy atom. The van der Waals surface area contributed by atoms with E-state index in [9.17, 15) is 14.4 Å². The quantitative estimate of drug-likeness (QED) is 0.492. The standard InChI is InChI=1S/C14H18N2O4/c1-10(17)11-4-2-5-12(8-11)16-13(18)9-15-7-3-6-14(19)20/h2,4-5,8,15H,3,6-7,9H2,1H3,(H,16,18)(H,19,20). The Balaban J connectivity index is 2.33. The molecule has 0 saturated carbocycles. The van der Waals surface area contributed by atoms with Gasteiger partial charge < -0.3 is 15.7 Å². The van der Waals surface area contributed by atoms with Crippen molar-refractivity contribution in [3.8, 4) is 0 Å². The summed E-state index contributed by atoms with van der Waals surface area (Å²) >= 11 is 0. The monoisotopic (exact) mass is 278 g/mol. The molecule has 1 rings (SSSR count). The number of carbonyl (C=O) groups is 3. The minimum atomic E-state index is -0.850. The summed E-state index contributed by atoms with van der Waals surface area (Å²) in [5.74, 6) is -1.15. The lowest BCUT2D eigenvalue weighted by Gasteiger charge is -2.07. The number of anilines is 1. The van der Waals surface area contributed by atoms with Crippen LogP contribution in [0.4, 0.5) is 5.69 Å². The van der Waals surface area contributed by atoms with Crippen molar-refractivity contribution >= 4 is 23.3 Å². The zero-order valence-corrected chi connectivity index (χ0v) is 11.3. The number of carbonyl (C=O) groups excluding carboxylic acids is 2. The van der Waals surface area contributed by atoms with Gasteiger partial charge in [-0.05, 0) is 32.0 Å². The molecular weight excluding hydrogens is 260 g/mol. The van der Waals surface area contributed by atoms with Gasteiger partial charge in [0.1, 0.15) is 0 Å². The molecule has 6 nitrogen and oxygen atoms in total. The van der Waals surface area contributed by atoms with Gasteiger partial charge in [-0.25, -0.2) is 0 Å². The molecule has 0 saturated heterocycles. The molecule has 108 valence electrons. The highest BCUT2D eigenvalue weighted by Crippen LogP contribution is 2.10. The van der Waals surface area contributed by atoms with Gasteiger partial charge in [-0.15, -0.1) is 0 Å². The molecule has 1 aromatic carbocycles. The van der Waals surface area contributed by atoms with E-state index in [2.05, 4.69) is 10.6 Å². The van der Waals surface area contributed by atoms with Crippen molar-refractivity contribution in [3.05, 3.63) is 29.8 Å². The maximum Gasteiger partial charge on any atom is 0.303 e. The van der Waals surface area contributed by atoms with Crippen LogP contribution in [0.3, 0.4) is 0 Å². The van der Waals surface area contributed by atoms with Gasteiger partial charge >= 0.3 is 5.97 Å². The van der Waals surface area contributed by atoms with Gasteiger partial charge in [0.05, 0.1) is 6.54 Å². The van der Waals surface area contributed by atoms with Gasteiger partial charge in [0, 0.05) is 17.7 Å². The molecule has 0 unspecified atom stereocenters. The van der Waals surface area contributed by atoms with Gasteiger partial charge in [-0.2, -0.15) is 0 Å². The van der Waals surface area contributed by atoms with Crippen molar-refractivity contribution in [2.75, 3.05) is 18.4 Å². The van der Waals surface area contributed by atoms with Crippen molar-refractivity contribution in [2.45, 2.75) is 19.8 Å². The van der Waals surface area contributed by atoms with Crippen LogP contribution in [0.25, 0.3) is 0 Å². The fourth-order valence-corrected chi connectivity index (χ4v) is 1.59. The van der Waals surface area contributed by atoms with E-state index in [4.69, 9.17) is 5.11 Å². The molecule has 0 aliphatic heterocycles. The Labute approximate surface area is 117 Å². The fourth-order valence-electron chi connectivity index (χ4n) is 1.59. The van der Waals surface area contributed by atoms with Crippen LogP contribution in [0.15, 0.2) is 24.3 Å². The third kappa shape index (κ3) is 6.10. The number of Topliss-reactive ketones (excluding diaryl/α,β-unsaturated/α-hetero) is 1. The number of ketones is 1. The number of rotatable bonds is 8. The number of aliphatic carboxylic acids is 1. The molecule has 1 aromatic rings. The molecule has 0 heterocycles. The van der Waals surface area contributed by atoms with E-state index in [0.29, 0.717) is 24.2 Å². The topological polar surface area (TPSA) is 95.5 Å². The molecule has 0 atom stereocenters. The smallest absolute Gasteiger partial charge is 0.303 e. The highest BCUT2D eigenvalue weighted by molar-refractivity contribution is 5.97. The average molecular weight is 278 g/mol. The molecule has 0 fully saturated rings. The number of benzene rings is 1. The molecular formula is C14H18N2O4. The minimum Gasteiger partial charge on any atom is -0.481 e. The van der Waals surface area contributed by atoms with Gasteiger partial charge in [-0.1, -0.05) is 12.1 Å². The first-order valence-corrected chi connectivity index (χ1v) is 6.32. The number of amides is 1. The Morgan fingerprint density at radius 3 is 2.65 bits per heavy atom. The van der Waals surface area contributed by atoms with Crippen LogP contribution in [0.1, 0.15) is 30.1 Å². The lowest BCUT2D eigenvalue weighted by molar-refractivity contribution is -0.137. The summed E-state index contributed by atoms with van der Waals surface area (Å²) < 4.78 is 0. The largest absolute Gasteiger partial charge is 0.481 e. The lowest BCUT2D eigenvalue weighted by Crippen LogP contribution is -2.29.